The van der Waals surface area contributed by atoms with Crippen LogP contribution in [0.2, 0.25) is 0 Å². The molecule has 112 valence electrons. The Labute approximate surface area is 129 Å². The van der Waals surface area contributed by atoms with Crippen molar-refractivity contribution in [2.24, 2.45) is 5.73 Å². The van der Waals surface area contributed by atoms with Crippen molar-refractivity contribution < 1.29 is 8.42 Å². The van der Waals surface area contributed by atoms with Crippen molar-refractivity contribution in [1.29, 1.82) is 0 Å². The van der Waals surface area contributed by atoms with Crippen molar-refractivity contribution in [1.82, 2.24) is 9.62 Å². The smallest absolute Gasteiger partial charge is 0.250 e. The number of likely N-dealkylation sites (N-methyl/N-ethyl adjacent to an activating group) is 1. The van der Waals surface area contributed by atoms with Crippen LogP contribution in [0.25, 0.3) is 0 Å². The number of likely N-dealkylation sites (tertiary alicyclic amines) is 1. The first-order valence-electron chi connectivity index (χ1n) is 6.50. The van der Waals surface area contributed by atoms with Gasteiger partial charge in [-0.3, -0.25) is 0 Å². The van der Waals surface area contributed by atoms with Gasteiger partial charge in [0.25, 0.3) is 0 Å². The van der Waals surface area contributed by atoms with Gasteiger partial charge in [0.15, 0.2) is 0 Å². The average molecular weight is 334 g/mol. The van der Waals surface area contributed by atoms with Crippen LogP contribution in [0, 0.1) is 0 Å². The molecule has 2 heterocycles. The number of nitrogens with one attached hydrogen (secondary N) is 1. The third-order valence-electron chi connectivity index (χ3n) is 3.52. The molecule has 5 nitrogen and oxygen atoms in total. The molecule has 8 heteroatoms. The predicted octanol–water partition coefficient (Wildman–Crippen LogP) is 1.14. The summed E-state index contributed by atoms with van der Waals surface area (Å²) in [5.41, 5.74) is 5.50. The molecule has 20 heavy (non-hydrogen) atoms. The van der Waals surface area contributed by atoms with Gasteiger partial charge in [-0.05, 0) is 38.6 Å². The SMILES string of the molecule is CN1CCCCC1CNS(=O)(=O)c1ccc(C(N)=S)s1. The Bertz CT molecular complexity index is 583. The molecule has 1 aromatic rings. The summed E-state index contributed by atoms with van der Waals surface area (Å²) in [5, 5.41) is 0. The molecule has 1 aliphatic rings. The molecule has 0 amide bonds. The van der Waals surface area contributed by atoms with Crippen molar-refractivity contribution in [3.63, 3.8) is 0 Å². The second-order valence-electron chi connectivity index (χ2n) is 4.97. The van der Waals surface area contributed by atoms with Crippen molar-refractivity contribution in [3.05, 3.63) is 17.0 Å². The lowest BCUT2D eigenvalue weighted by atomic mass is 10.0. The Balaban J connectivity index is 2.01. The van der Waals surface area contributed by atoms with Crippen molar-refractivity contribution in [2.45, 2.75) is 29.5 Å². The summed E-state index contributed by atoms with van der Waals surface area (Å²) in [7, 11) is -1.43. The zero-order valence-electron chi connectivity index (χ0n) is 11.3. The third kappa shape index (κ3) is 3.76. The molecule has 0 bridgehead atoms. The van der Waals surface area contributed by atoms with Gasteiger partial charge in [0.05, 0.1) is 4.88 Å². The molecule has 0 radical (unpaired) electrons. The Morgan fingerprint density at radius 3 is 2.90 bits per heavy atom. The van der Waals surface area contributed by atoms with E-state index < -0.39 is 10.0 Å². The Morgan fingerprint density at radius 2 is 2.30 bits per heavy atom. The van der Waals surface area contributed by atoms with Crippen LogP contribution in [-0.4, -0.2) is 44.5 Å². The van der Waals surface area contributed by atoms with Gasteiger partial charge in [0, 0.05) is 12.6 Å². The Morgan fingerprint density at radius 1 is 1.55 bits per heavy atom. The average Bonchev–Trinajstić information content (AvgIpc) is 2.88. The number of rotatable bonds is 5. The maximum Gasteiger partial charge on any atom is 0.250 e. The van der Waals surface area contributed by atoms with E-state index >= 15 is 0 Å². The standard InChI is InChI=1S/C12H19N3O2S3/c1-15-7-3-2-4-9(15)8-14-20(16,17)11-6-5-10(19-11)12(13)18/h5-6,9,14H,2-4,7-8H2,1H3,(H2,13,18). The quantitative estimate of drug-likeness (QED) is 0.791. The summed E-state index contributed by atoms with van der Waals surface area (Å²) < 4.78 is 27.4. The van der Waals surface area contributed by atoms with Crippen molar-refractivity contribution in [3.8, 4) is 0 Å². The second kappa shape index (κ2) is 6.48. The zero-order valence-corrected chi connectivity index (χ0v) is 13.8. The summed E-state index contributed by atoms with van der Waals surface area (Å²) in [6, 6.07) is 3.47. The lowest BCUT2D eigenvalue weighted by Gasteiger charge is -2.32. The van der Waals surface area contributed by atoms with Gasteiger partial charge in [0.2, 0.25) is 10.0 Å². The van der Waals surface area contributed by atoms with Gasteiger partial charge >= 0.3 is 0 Å². The van der Waals surface area contributed by atoms with E-state index in [2.05, 4.69) is 9.62 Å². The van der Waals surface area contributed by atoms with Gasteiger partial charge in [-0.1, -0.05) is 18.6 Å². The number of thiocarbonyl (C=S) groups is 1. The Kier molecular flexibility index (Phi) is 5.14. The van der Waals surface area contributed by atoms with Crippen LogP contribution < -0.4 is 10.5 Å². The minimum Gasteiger partial charge on any atom is -0.389 e. The van der Waals surface area contributed by atoms with Gasteiger partial charge < -0.3 is 10.6 Å². The monoisotopic (exact) mass is 333 g/mol. The van der Waals surface area contributed by atoms with Crippen molar-refractivity contribution in [2.75, 3.05) is 20.1 Å². The van der Waals surface area contributed by atoms with Gasteiger partial charge in [-0.2, -0.15) is 0 Å². The van der Waals surface area contributed by atoms with E-state index in [1.165, 1.54) is 6.42 Å². The second-order valence-corrected chi connectivity index (χ2v) is 8.48. The predicted molar refractivity (Wildman–Crippen MR) is 85.7 cm³/mol. The molecule has 0 spiro atoms. The number of hydrogen-bond acceptors (Lipinski definition) is 5. The highest BCUT2D eigenvalue weighted by Gasteiger charge is 2.23. The molecule has 1 aromatic heterocycles. The summed E-state index contributed by atoms with van der Waals surface area (Å²) in [6.45, 7) is 1.47. The zero-order chi connectivity index (χ0) is 14.8. The number of thiophene rings is 1. The molecule has 0 saturated carbocycles. The number of nitrogens with zero attached hydrogens (tertiary/aromatic N) is 1. The van der Waals surface area contributed by atoms with Crippen LogP contribution >= 0.6 is 23.6 Å². The van der Waals surface area contributed by atoms with E-state index in [1.54, 1.807) is 12.1 Å². The van der Waals surface area contributed by atoms with Crippen LogP contribution in [-0.2, 0) is 10.0 Å². The fourth-order valence-electron chi connectivity index (χ4n) is 2.28. The highest BCUT2D eigenvalue weighted by atomic mass is 32.2. The molecular formula is C12H19N3O2S3. The largest absolute Gasteiger partial charge is 0.389 e. The first-order valence-corrected chi connectivity index (χ1v) is 9.20. The van der Waals surface area contributed by atoms with Crippen LogP contribution in [0.5, 0.6) is 0 Å². The summed E-state index contributed by atoms with van der Waals surface area (Å²) >= 11 is 5.95. The molecule has 1 saturated heterocycles. The third-order valence-corrected chi connectivity index (χ3v) is 6.90. The van der Waals surface area contributed by atoms with E-state index in [1.807, 2.05) is 7.05 Å². The highest BCUT2D eigenvalue weighted by molar-refractivity contribution is 7.91. The molecule has 1 atom stereocenters. The number of sulfonamides is 1. The first kappa shape index (κ1) is 15.8. The van der Waals surface area contributed by atoms with Gasteiger partial charge in [0.1, 0.15) is 9.20 Å². The fraction of sp³-hybridized carbons (Fsp3) is 0.583. The van der Waals surface area contributed by atoms with Crippen molar-refractivity contribution >= 4 is 38.6 Å². The van der Waals surface area contributed by atoms with E-state index in [0.29, 0.717) is 11.4 Å². The molecule has 1 fully saturated rings. The molecule has 1 unspecified atom stereocenters. The maximum absolute atomic E-state index is 12.2. The molecule has 1 aliphatic heterocycles. The lowest BCUT2D eigenvalue weighted by Crippen LogP contribution is -2.44. The minimum atomic E-state index is -3.47. The fourth-order valence-corrected chi connectivity index (χ4v) is 4.74. The molecule has 2 rings (SSSR count). The number of hydrogen-bond donors (Lipinski definition) is 2. The summed E-state index contributed by atoms with van der Waals surface area (Å²) in [4.78, 5) is 3.06. The summed E-state index contributed by atoms with van der Waals surface area (Å²) in [6.07, 6.45) is 3.37. The van der Waals surface area contributed by atoms with Gasteiger partial charge in [-0.15, -0.1) is 11.3 Å². The van der Waals surface area contributed by atoms with Gasteiger partial charge in [-0.25, -0.2) is 13.1 Å². The number of piperidine rings is 1. The normalized spacial score (nSPS) is 20.9. The van der Waals surface area contributed by atoms with E-state index in [0.717, 1.165) is 30.7 Å². The van der Waals surface area contributed by atoms with E-state index in [4.69, 9.17) is 18.0 Å². The maximum atomic E-state index is 12.2. The van der Waals surface area contributed by atoms with Crippen LogP contribution in [0.1, 0.15) is 24.1 Å². The van der Waals surface area contributed by atoms with Crippen LogP contribution in [0.4, 0.5) is 0 Å². The molecule has 0 aliphatic carbocycles. The van der Waals surface area contributed by atoms with E-state index in [-0.39, 0.29) is 15.2 Å². The van der Waals surface area contributed by atoms with Crippen LogP contribution in [0.15, 0.2) is 16.3 Å². The number of nitrogens with two attached hydrogens (primary N) is 1. The molecule has 3 N–H and O–H groups in total. The highest BCUT2D eigenvalue weighted by Crippen LogP contribution is 2.22. The first-order chi connectivity index (χ1) is 9.40. The van der Waals surface area contributed by atoms with Crippen LogP contribution in [0.3, 0.4) is 0 Å². The minimum absolute atomic E-state index is 0.225. The molecular weight excluding hydrogens is 314 g/mol. The van der Waals surface area contributed by atoms with E-state index in [9.17, 15) is 8.42 Å². The lowest BCUT2D eigenvalue weighted by molar-refractivity contribution is 0.187. The molecule has 0 aromatic carbocycles. The summed E-state index contributed by atoms with van der Waals surface area (Å²) in [5.74, 6) is 0. The topological polar surface area (TPSA) is 75.4 Å². The Hall–Kier alpha value is -0.540.